The second-order valence-corrected chi connectivity index (χ2v) is 7.04. The van der Waals surface area contributed by atoms with Gasteiger partial charge < -0.3 is 9.73 Å². The van der Waals surface area contributed by atoms with E-state index in [2.05, 4.69) is 17.2 Å². The maximum Gasteiger partial charge on any atom is 0.349 e. The van der Waals surface area contributed by atoms with Crippen LogP contribution in [0.25, 0.3) is 4.96 Å². The van der Waals surface area contributed by atoms with Gasteiger partial charge in [0.1, 0.15) is 17.0 Å². The van der Waals surface area contributed by atoms with E-state index in [-0.39, 0.29) is 17.2 Å². The molecule has 1 unspecified atom stereocenters. The molecule has 0 aliphatic heterocycles. The summed E-state index contributed by atoms with van der Waals surface area (Å²) in [5.41, 5.74) is -0.688. The van der Waals surface area contributed by atoms with Gasteiger partial charge >= 0.3 is 5.63 Å². The lowest BCUT2D eigenvalue weighted by Gasteiger charge is -2.11. The zero-order chi connectivity index (χ0) is 18.8. The molecular formula is C18H19N3O4S. The molecule has 3 heterocycles. The van der Waals surface area contributed by atoms with Crippen LogP contribution in [-0.4, -0.2) is 15.3 Å². The van der Waals surface area contributed by atoms with Gasteiger partial charge in [-0.25, -0.2) is 9.78 Å². The molecule has 0 bridgehead atoms. The Morgan fingerprint density at radius 2 is 2.19 bits per heavy atom. The summed E-state index contributed by atoms with van der Waals surface area (Å²) >= 11 is 1.31. The number of carbonyl (C=O) groups excluding carboxylic acids is 1. The zero-order valence-corrected chi connectivity index (χ0v) is 15.6. The average molecular weight is 373 g/mol. The van der Waals surface area contributed by atoms with Gasteiger partial charge in [-0.1, -0.05) is 20.3 Å². The number of nitrogens with one attached hydrogen (secondary N) is 1. The van der Waals surface area contributed by atoms with E-state index >= 15 is 0 Å². The number of fused-ring (bicyclic) bond motifs is 1. The molecule has 7 nitrogen and oxygen atoms in total. The molecule has 3 rings (SSSR count). The van der Waals surface area contributed by atoms with Crippen LogP contribution in [0.15, 0.2) is 37.8 Å². The largest absolute Gasteiger partial charge is 0.427 e. The minimum atomic E-state index is -0.704. The van der Waals surface area contributed by atoms with E-state index in [1.807, 2.05) is 6.92 Å². The van der Waals surface area contributed by atoms with Crippen molar-refractivity contribution in [3.8, 4) is 0 Å². The third kappa shape index (κ3) is 3.32. The molecule has 0 fully saturated rings. The number of thiazole rings is 1. The molecule has 3 aromatic rings. The van der Waals surface area contributed by atoms with Crippen molar-refractivity contribution in [3.63, 3.8) is 0 Å². The van der Waals surface area contributed by atoms with Crippen LogP contribution in [0.5, 0.6) is 0 Å². The molecular weight excluding hydrogens is 354 g/mol. The van der Waals surface area contributed by atoms with Gasteiger partial charge in [0.2, 0.25) is 0 Å². The molecule has 8 heteroatoms. The number of nitrogens with zero attached hydrogens (tertiary/aromatic N) is 2. The van der Waals surface area contributed by atoms with Crippen molar-refractivity contribution in [2.24, 2.45) is 0 Å². The molecule has 0 saturated carbocycles. The van der Waals surface area contributed by atoms with Crippen molar-refractivity contribution < 1.29 is 9.21 Å². The van der Waals surface area contributed by atoms with Gasteiger partial charge in [-0.2, -0.15) is 0 Å². The fourth-order valence-electron chi connectivity index (χ4n) is 2.82. The van der Waals surface area contributed by atoms with Crippen LogP contribution in [0.3, 0.4) is 0 Å². The summed E-state index contributed by atoms with van der Waals surface area (Å²) in [4.78, 5) is 41.9. The SMILES string of the molecule is CCCC(C)c1cc(C)c(C(=O)Nc2cnc3sccn3c2=O)c(=O)o1. The molecule has 136 valence electrons. The minimum absolute atomic E-state index is 0.00753. The van der Waals surface area contributed by atoms with E-state index < -0.39 is 17.1 Å². The Hall–Kier alpha value is -2.74. The van der Waals surface area contributed by atoms with Crippen molar-refractivity contribution in [2.45, 2.75) is 39.5 Å². The molecule has 1 atom stereocenters. The third-order valence-corrected chi connectivity index (χ3v) is 4.96. The van der Waals surface area contributed by atoms with Crippen LogP contribution in [0.1, 0.15) is 54.3 Å². The number of hydrogen-bond donors (Lipinski definition) is 1. The second-order valence-electron chi connectivity index (χ2n) is 6.17. The Labute approximate surface area is 153 Å². The van der Waals surface area contributed by atoms with Crippen LogP contribution >= 0.6 is 11.3 Å². The highest BCUT2D eigenvalue weighted by Crippen LogP contribution is 2.21. The quantitative estimate of drug-likeness (QED) is 0.741. The molecule has 0 radical (unpaired) electrons. The summed E-state index contributed by atoms with van der Waals surface area (Å²) in [6.45, 7) is 5.71. The number of hydrogen-bond acceptors (Lipinski definition) is 6. The number of anilines is 1. The van der Waals surface area contributed by atoms with Gasteiger partial charge in [-0.3, -0.25) is 14.0 Å². The molecule has 3 aromatic heterocycles. The summed E-state index contributed by atoms with van der Waals surface area (Å²) in [5.74, 6) is -0.0225. The highest BCUT2D eigenvalue weighted by Gasteiger charge is 2.20. The number of amides is 1. The number of aryl methyl sites for hydroxylation is 1. The molecule has 0 aromatic carbocycles. The predicted octanol–water partition coefficient (Wildman–Crippen LogP) is 3.17. The number of aromatic nitrogens is 2. The molecule has 26 heavy (non-hydrogen) atoms. The molecule has 1 N–H and O–H groups in total. The average Bonchev–Trinajstić information content (AvgIpc) is 3.06. The Bertz CT molecular complexity index is 1080. The van der Waals surface area contributed by atoms with Crippen LogP contribution in [0.4, 0.5) is 5.69 Å². The van der Waals surface area contributed by atoms with E-state index in [0.29, 0.717) is 16.3 Å². The van der Waals surface area contributed by atoms with Gasteiger partial charge in [0.05, 0.1) is 6.20 Å². The molecule has 0 aliphatic carbocycles. The first-order valence-corrected chi connectivity index (χ1v) is 9.21. The third-order valence-electron chi connectivity index (χ3n) is 4.19. The maximum atomic E-state index is 12.5. The Balaban J connectivity index is 1.93. The van der Waals surface area contributed by atoms with E-state index in [1.54, 1.807) is 24.6 Å². The lowest BCUT2D eigenvalue weighted by molar-refractivity contribution is 0.102. The maximum absolute atomic E-state index is 12.5. The van der Waals surface area contributed by atoms with E-state index in [0.717, 1.165) is 12.8 Å². The Morgan fingerprint density at radius 1 is 1.42 bits per heavy atom. The first kappa shape index (κ1) is 18.1. The monoisotopic (exact) mass is 373 g/mol. The Morgan fingerprint density at radius 3 is 2.88 bits per heavy atom. The van der Waals surface area contributed by atoms with Crippen molar-refractivity contribution in [1.29, 1.82) is 0 Å². The van der Waals surface area contributed by atoms with E-state index in [9.17, 15) is 14.4 Å². The summed E-state index contributed by atoms with van der Waals surface area (Å²) in [5, 5.41) is 4.20. The lowest BCUT2D eigenvalue weighted by Crippen LogP contribution is -2.27. The van der Waals surface area contributed by atoms with Crippen molar-refractivity contribution in [1.82, 2.24) is 9.38 Å². The van der Waals surface area contributed by atoms with Crippen molar-refractivity contribution >= 4 is 27.9 Å². The summed E-state index contributed by atoms with van der Waals surface area (Å²) < 4.78 is 6.68. The second kappa shape index (κ2) is 7.25. The smallest absolute Gasteiger partial charge is 0.349 e. The van der Waals surface area contributed by atoms with Crippen LogP contribution in [0.2, 0.25) is 0 Å². The fraction of sp³-hybridized carbons (Fsp3) is 0.333. The van der Waals surface area contributed by atoms with Gasteiger partial charge in [0, 0.05) is 17.5 Å². The van der Waals surface area contributed by atoms with E-state index in [4.69, 9.17) is 4.42 Å². The Kier molecular flexibility index (Phi) is 5.03. The molecule has 1 amide bonds. The summed E-state index contributed by atoms with van der Waals surface area (Å²) in [6, 6.07) is 1.71. The van der Waals surface area contributed by atoms with Crippen LogP contribution in [-0.2, 0) is 0 Å². The van der Waals surface area contributed by atoms with Crippen LogP contribution in [0, 0.1) is 6.92 Å². The highest BCUT2D eigenvalue weighted by atomic mass is 32.1. The fourth-order valence-corrected chi connectivity index (χ4v) is 3.49. The van der Waals surface area contributed by atoms with Gasteiger partial charge in [-0.05, 0) is 25.0 Å². The predicted molar refractivity (Wildman–Crippen MR) is 100 cm³/mol. The summed E-state index contributed by atoms with van der Waals surface area (Å²) in [6.07, 6.45) is 4.72. The standard InChI is InChI=1S/C18H19N3O4S/c1-4-5-10(2)13-8-11(3)14(17(24)25-13)15(22)20-12-9-19-18-21(16(12)23)6-7-26-18/h6-10H,4-5H2,1-3H3,(H,20,22). The minimum Gasteiger partial charge on any atom is -0.427 e. The van der Waals surface area contributed by atoms with Crippen LogP contribution < -0.4 is 16.5 Å². The summed E-state index contributed by atoms with van der Waals surface area (Å²) in [7, 11) is 0. The molecule has 0 aliphatic rings. The normalized spacial score (nSPS) is 12.3. The number of rotatable bonds is 5. The first-order chi connectivity index (χ1) is 12.4. The molecule has 0 spiro atoms. The van der Waals surface area contributed by atoms with Crippen molar-refractivity contribution in [3.05, 3.63) is 61.5 Å². The van der Waals surface area contributed by atoms with Gasteiger partial charge in [0.15, 0.2) is 4.96 Å². The van der Waals surface area contributed by atoms with E-state index in [1.165, 1.54) is 21.9 Å². The highest BCUT2D eigenvalue weighted by molar-refractivity contribution is 7.15. The lowest BCUT2D eigenvalue weighted by atomic mass is 10.0. The number of carbonyl (C=O) groups is 1. The first-order valence-electron chi connectivity index (χ1n) is 8.33. The van der Waals surface area contributed by atoms with Crippen molar-refractivity contribution in [2.75, 3.05) is 5.32 Å². The van der Waals surface area contributed by atoms with Gasteiger partial charge in [0.25, 0.3) is 11.5 Å². The van der Waals surface area contributed by atoms with Gasteiger partial charge in [-0.15, -0.1) is 11.3 Å². The zero-order valence-electron chi connectivity index (χ0n) is 14.7. The molecule has 0 saturated heterocycles. The topological polar surface area (TPSA) is 93.7 Å².